The summed E-state index contributed by atoms with van der Waals surface area (Å²) in [5.41, 5.74) is 1.01. The quantitative estimate of drug-likeness (QED) is 0.681. The summed E-state index contributed by atoms with van der Waals surface area (Å²) >= 11 is 0. The molecule has 1 aromatic carbocycles. The molecule has 0 radical (unpaired) electrons. The van der Waals surface area contributed by atoms with Crippen LogP contribution in [0.2, 0.25) is 0 Å². The van der Waals surface area contributed by atoms with Crippen LogP contribution in [0.15, 0.2) is 30.3 Å². The van der Waals surface area contributed by atoms with Crippen molar-refractivity contribution in [3.63, 3.8) is 0 Å². The Kier molecular flexibility index (Phi) is 6.84. The van der Waals surface area contributed by atoms with E-state index in [1.807, 2.05) is 0 Å². The van der Waals surface area contributed by atoms with E-state index in [4.69, 9.17) is 4.74 Å². The lowest BCUT2D eigenvalue weighted by molar-refractivity contribution is -0.0498. The molecule has 22 heavy (non-hydrogen) atoms. The Morgan fingerprint density at radius 2 is 1.82 bits per heavy atom. The Labute approximate surface area is 131 Å². The largest absolute Gasteiger partial charge is 0.435 e. The standard InChI is InChI=1S/C18H24F2O2/c1-2-13-21-16-9-5-14(6-10-16)3-4-15-7-11-17(12-8-15)22-18(19)20/h3-4,7-8,11-12,14,16,18H,2,5-6,9-10,13H2,1H3. The molecule has 0 aromatic heterocycles. The van der Waals surface area contributed by atoms with Gasteiger partial charge < -0.3 is 9.47 Å². The molecule has 1 saturated carbocycles. The first-order chi connectivity index (χ1) is 10.7. The second kappa shape index (κ2) is 8.89. The molecule has 0 aliphatic heterocycles. The summed E-state index contributed by atoms with van der Waals surface area (Å²) in [6.45, 7) is 0.219. The van der Waals surface area contributed by atoms with Gasteiger partial charge in [-0.25, -0.2) is 0 Å². The van der Waals surface area contributed by atoms with Crippen molar-refractivity contribution in [2.75, 3.05) is 6.61 Å². The van der Waals surface area contributed by atoms with Crippen LogP contribution in [0.5, 0.6) is 5.75 Å². The van der Waals surface area contributed by atoms with E-state index in [1.165, 1.54) is 0 Å². The zero-order valence-electron chi connectivity index (χ0n) is 13.0. The molecule has 1 fully saturated rings. The summed E-state index contributed by atoms with van der Waals surface area (Å²) < 4.78 is 34.3. The van der Waals surface area contributed by atoms with Gasteiger partial charge >= 0.3 is 6.61 Å². The van der Waals surface area contributed by atoms with Crippen molar-refractivity contribution in [3.05, 3.63) is 35.9 Å². The van der Waals surface area contributed by atoms with Crippen LogP contribution in [-0.4, -0.2) is 19.3 Å². The molecule has 0 heterocycles. The molecule has 0 bridgehead atoms. The molecule has 0 saturated heterocycles. The summed E-state index contributed by atoms with van der Waals surface area (Å²) in [4.78, 5) is 0. The molecule has 0 N–H and O–H groups in total. The zero-order chi connectivity index (χ0) is 15.8. The monoisotopic (exact) mass is 310 g/mol. The average molecular weight is 310 g/mol. The molecule has 0 amide bonds. The summed E-state index contributed by atoms with van der Waals surface area (Å²) in [6, 6.07) is 6.73. The third-order valence-electron chi connectivity index (χ3n) is 3.94. The number of allylic oxidation sites excluding steroid dienone is 1. The van der Waals surface area contributed by atoms with E-state index in [-0.39, 0.29) is 5.75 Å². The minimum Gasteiger partial charge on any atom is -0.435 e. The molecule has 0 spiro atoms. The number of ether oxygens (including phenoxy) is 2. The number of halogens is 2. The van der Waals surface area contributed by atoms with Crippen LogP contribution in [-0.2, 0) is 4.74 Å². The molecule has 1 aromatic rings. The summed E-state index contributed by atoms with van der Waals surface area (Å²) in [5, 5.41) is 0. The maximum Gasteiger partial charge on any atom is 0.387 e. The van der Waals surface area contributed by atoms with Gasteiger partial charge in [0.25, 0.3) is 0 Å². The minimum absolute atomic E-state index is 0.195. The van der Waals surface area contributed by atoms with Gasteiger partial charge in [-0.3, -0.25) is 0 Å². The predicted octanol–water partition coefficient (Wildman–Crippen LogP) is 5.29. The van der Waals surface area contributed by atoms with Crippen LogP contribution in [0.4, 0.5) is 8.78 Å². The third kappa shape index (κ3) is 5.76. The van der Waals surface area contributed by atoms with E-state index in [0.29, 0.717) is 12.0 Å². The van der Waals surface area contributed by atoms with Crippen molar-refractivity contribution >= 4 is 6.08 Å². The first-order valence-electron chi connectivity index (χ1n) is 8.02. The van der Waals surface area contributed by atoms with Gasteiger partial charge in [0.2, 0.25) is 0 Å². The van der Waals surface area contributed by atoms with Gasteiger partial charge in [-0.1, -0.05) is 31.2 Å². The number of hydrogen-bond donors (Lipinski definition) is 0. The maximum atomic E-state index is 12.1. The normalized spacial score (nSPS) is 22.4. The fourth-order valence-corrected chi connectivity index (χ4v) is 2.74. The van der Waals surface area contributed by atoms with Crippen molar-refractivity contribution in [1.29, 1.82) is 0 Å². The van der Waals surface area contributed by atoms with E-state index >= 15 is 0 Å². The Hall–Kier alpha value is -1.42. The summed E-state index contributed by atoms with van der Waals surface area (Å²) in [6.07, 6.45) is 10.3. The molecule has 122 valence electrons. The highest BCUT2D eigenvalue weighted by Gasteiger charge is 2.19. The molecule has 1 aliphatic carbocycles. The van der Waals surface area contributed by atoms with E-state index in [9.17, 15) is 8.78 Å². The van der Waals surface area contributed by atoms with Crippen LogP contribution in [0.1, 0.15) is 44.6 Å². The number of rotatable bonds is 7. The van der Waals surface area contributed by atoms with Gasteiger partial charge in [-0.2, -0.15) is 8.78 Å². The molecule has 2 nitrogen and oxygen atoms in total. The minimum atomic E-state index is -2.77. The van der Waals surface area contributed by atoms with Crippen LogP contribution in [0, 0.1) is 5.92 Å². The molecule has 1 aliphatic rings. The Morgan fingerprint density at radius 3 is 2.41 bits per heavy atom. The number of benzene rings is 1. The Bertz CT molecular complexity index is 449. The fourth-order valence-electron chi connectivity index (χ4n) is 2.74. The Balaban J connectivity index is 1.78. The summed E-state index contributed by atoms with van der Waals surface area (Å²) in [7, 11) is 0. The van der Waals surface area contributed by atoms with Crippen LogP contribution < -0.4 is 4.74 Å². The number of alkyl halides is 2. The zero-order valence-corrected chi connectivity index (χ0v) is 13.0. The van der Waals surface area contributed by atoms with E-state index in [1.54, 1.807) is 24.3 Å². The van der Waals surface area contributed by atoms with Crippen LogP contribution >= 0.6 is 0 Å². The second-order valence-electron chi connectivity index (χ2n) is 5.71. The van der Waals surface area contributed by atoms with E-state index in [0.717, 1.165) is 44.3 Å². The lowest BCUT2D eigenvalue weighted by Gasteiger charge is -2.26. The number of hydrogen-bond acceptors (Lipinski definition) is 2. The lowest BCUT2D eigenvalue weighted by atomic mass is 9.87. The highest BCUT2D eigenvalue weighted by atomic mass is 19.3. The first kappa shape index (κ1) is 16.9. The molecular weight excluding hydrogens is 286 g/mol. The summed E-state index contributed by atoms with van der Waals surface area (Å²) in [5.74, 6) is 0.777. The molecule has 2 rings (SSSR count). The molecule has 4 heteroatoms. The third-order valence-corrected chi connectivity index (χ3v) is 3.94. The topological polar surface area (TPSA) is 18.5 Å². The fraction of sp³-hybridized carbons (Fsp3) is 0.556. The van der Waals surface area contributed by atoms with Gasteiger partial charge in [0, 0.05) is 6.61 Å². The van der Waals surface area contributed by atoms with Crippen molar-refractivity contribution in [2.45, 2.75) is 51.7 Å². The van der Waals surface area contributed by atoms with Crippen molar-refractivity contribution in [1.82, 2.24) is 0 Å². The van der Waals surface area contributed by atoms with Crippen molar-refractivity contribution in [3.8, 4) is 5.75 Å². The molecule has 0 atom stereocenters. The highest BCUT2D eigenvalue weighted by molar-refractivity contribution is 5.50. The van der Waals surface area contributed by atoms with Crippen molar-refractivity contribution in [2.24, 2.45) is 5.92 Å². The SMILES string of the molecule is CCCOC1CCC(C=Cc2ccc(OC(F)F)cc2)CC1. The van der Waals surface area contributed by atoms with Gasteiger partial charge in [0.1, 0.15) is 5.75 Å². The first-order valence-corrected chi connectivity index (χ1v) is 8.02. The van der Waals surface area contributed by atoms with Crippen LogP contribution in [0.25, 0.3) is 6.08 Å². The smallest absolute Gasteiger partial charge is 0.387 e. The predicted molar refractivity (Wildman–Crippen MR) is 84.1 cm³/mol. The van der Waals surface area contributed by atoms with Gasteiger partial charge in [-0.15, -0.1) is 0 Å². The average Bonchev–Trinajstić information content (AvgIpc) is 2.53. The van der Waals surface area contributed by atoms with Gasteiger partial charge in [-0.05, 0) is 55.7 Å². The van der Waals surface area contributed by atoms with Crippen molar-refractivity contribution < 1.29 is 18.3 Å². The molecule has 0 unspecified atom stereocenters. The molecular formula is C18H24F2O2. The Morgan fingerprint density at radius 1 is 1.14 bits per heavy atom. The van der Waals surface area contributed by atoms with E-state index < -0.39 is 6.61 Å². The van der Waals surface area contributed by atoms with E-state index in [2.05, 4.69) is 23.8 Å². The van der Waals surface area contributed by atoms with Gasteiger partial charge in [0.15, 0.2) is 0 Å². The maximum absolute atomic E-state index is 12.1. The van der Waals surface area contributed by atoms with Gasteiger partial charge in [0.05, 0.1) is 6.10 Å². The highest BCUT2D eigenvalue weighted by Crippen LogP contribution is 2.28. The second-order valence-corrected chi connectivity index (χ2v) is 5.71. The van der Waals surface area contributed by atoms with Crippen LogP contribution in [0.3, 0.4) is 0 Å². The lowest BCUT2D eigenvalue weighted by Crippen LogP contribution is -2.21.